The Balaban J connectivity index is 1.31. The van der Waals surface area contributed by atoms with Crippen LogP contribution in [-0.4, -0.2) is 58.9 Å². The van der Waals surface area contributed by atoms with Crippen LogP contribution in [0.5, 0.6) is 0 Å². The second-order valence-corrected chi connectivity index (χ2v) is 11.7. The summed E-state index contributed by atoms with van der Waals surface area (Å²) in [6.07, 6.45) is -0.202. The number of likely N-dealkylation sites (tertiary alicyclic amines) is 1. The number of carbonyl (C=O) groups is 3. The number of rotatable bonds is 12. The van der Waals surface area contributed by atoms with Crippen molar-refractivity contribution in [2.24, 2.45) is 0 Å². The molecule has 1 aliphatic rings. The number of nitrogens with zero attached hydrogens (tertiary/aromatic N) is 1. The maximum Gasteiger partial charge on any atom is 0.332 e. The summed E-state index contributed by atoms with van der Waals surface area (Å²) in [5, 5.41) is 15.8. The maximum atomic E-state index is 15.0. The molecule has 0 spiro atoms. The molecule has 10 heteroatoms. The predicted octanol–water partition coefficient (Wildman–Crippen LogP) is 5.66. The second-order valence-electron chi connectivity index (χ2n) is 11.7. The van der Waals surface area contributed by atoms with Gasteiger partial charge in [-0.3, -0.25) is 19.7 Å². The second kappa shape index (κ2) is 14.7. The van der Waals surface area contributed by atoms with Crippen LogP contribution in [0.15, 0.2) is 103 Å². The van der Waals surface area contributed by atoms with E-state index in [0.29, 0.717) is 24.9 Å². The van der Waals surface area contributed by atoms with Crippen LogP contribution in [0.1, 0.15) is 60.6 Å². The van der Waals surface area contributed by atoms with E-state index in [4.69, 9.17) is 0 Å². The fourth-order valence-corrected chi connectivity index (χ4v) is 5.80. The van der Waals surface area contributed by atoms with Crippen molar-refractivity contribution in [3.05, 3.63) is 142 Å². The molecule has 7 nitrogen and oxygen atoms in total. The number of Topliss-reactive ketones (excluding diaryl/α,β-unsaturated/α-hetero) is 1. The molecule has 1 aliphatic heterocycles. The number of ketones is 1. The summed E-state index contributed by atoms with van der Waals surface area (Å²) in [7, 11) is 0. The molecule has 0 radical (unpaired) electrons. The van der Waals surface area contributed by atoms with Crippen LogP contribution in [0.3, 0.4) is 0 Å². The van der Waals surface area contributed by atoms with Crippen LogP contribution in [-0.2, 0) is 12.5 Å². The Kier molecular flexibility index (Phi) is 10.5. The molecule has 0 bridgehead atoms. The van der Waals surface area contributed by atoms with Gasteiger partial charge in [0.05, 0.1) is 23.8 Å². The molecule has 47 heavy (non-hydrogen) atoms. The van der Waals surface area contributed by atoms with E-state index in [-0.39, 0.29) is 34.8 Å². The van der Waals surface area contributed by atoms with Gasteiger partial charge < -0.3 is 15.3 Å². The first-order valence-corrected chi connectivity index (χ1v) is 15.5. The number of hydrogen-bond donors (Lipinski definition) is 3. The predicted molar refractivity (Wildman–Crippen MR) is 172 cm³/mol. The molecule has 1 saturated heterocycles. The van der Waals surface area contributed by atoms with Crippen molar-refractivity contribution in [2.75, 3.05) is 13.1 Å². The van der Waals surface area contributed by atoms with Crippen LogP contribution in [0.4, 0.5) is 13.2 Å². The molecule has 0 aromatic heterocycles. The highest BCUT2D eigenvalue weighted by Gasteiger charge is 2.37. The Morgan fingerprint density at radius 1 is 0.894 bits per heavy atom. The molecule has 3 atom stereocenters. The van der Waals surface area contributed by atoms with Crippen molar-refractivity contribution in [3.8, 4) is 0 Å². The highest BCUT2D eigenvalue weighted by molar-refractivity contribution is 6.05. The van der Waals surface area contributed by atoms with Crippen molar-refractivity contribution in [2.45, 2.75) is 50.4 Å². The Morgan fingerprint density at radius 3 is 2.26 bits per heavy atom. The first-order valence-electron chi connectivity index (χ1n) is 15.5. The minimum atomic E-state index is -3.79. The largest absolute Gasteiger partial charge is 0.390 e. The van der Waals surface area contributed by atoms with E-state index in [1.807, 2.05) is 11.4 Å². The van der Waals surface area contributed by atoms with Crippen LogP contribution < -0.4 is 10.6 Å². The zero-order chi connectivity index (χ0) is 33.6. The molecule has 0 aliphatic carbocycles. The number of aliphatic hydroxyl groups excluding tert-OH is 1. The summed E-state index contributed by atoms with van der Waals surface area (Å²) in [4.78, 5) is 41.8. The number of nitrogens with one attached hydrogen (secondary N) is 2. The topological polar surface area (TPSA) is 98.7 Å². The monoisotopic (exact) mass is 643 g/mol. The van der Waals surface area contributed by atoms with Crippen LogP contribution >= 0.6 is 0 Å². The standard InChI is InChI=1S/C37H36F3N3O4/c1-24-11-8-18-29(33(24)38)37(39,40)41-23-32(44)30(21-25-12-4-2-5-13-25)42-35(46)27-16-9-17-28(22-27)36(47)43-20-10-19-31(43)34(45)26-14-6-3-7-15-26/h2-9,11-18,22,30-32,41,44H,10,19-21,23H2,1H3,(H,42,46)/t30-,31?,32+/m0/s1. The molecule has 1 heterocycles. The first-order chi connectivity index (χ1) is 22.5. The highest BCUT2D eigenvalue weighted by atomic mass is 19.3. The van der Waals surface area contributed by atoms with Crippen LogP contribution in [0, 0.1) is 12.7 Å². The third-order valence-electron chi connectivity index (χ3n) is 8.39. The molecule has 0 saturated carbocycles. The van der Waals surface area contributed by atoms with E-state index in [1.165, 1.54) is 36.1 Å². The summed E-state index contributed by atoms with van der Waals surface area (Å²) in [6, 6.07) is 21.9. The Morgan fingerprint density at radius 2 is 1.53 bits per heavy atom. The quantitative estimate of drug-likeness (QED) is 0.137. The lowest BCUT2D eigenvalue weighted by Gasteiger charge is -2.27. The average Bonchev–Trinajstić information content (AvgIpc) is 3.58. The first kappa shape index (κ1) is 33.6. The fraction of sp³-hybridized carbons (Fsp3) is 0.270. The third-order valence-corrected chi connectivity index (χ3v) is 8.39. The summed E-state index contributed by atoms with van der Waals surface area (Å²) in [5.74, 6) is -2.21. The fourth-order valence-electron chi connectivity index (χ4n) is 5.80. The van der Waals surface area contributed by atoms with Crippen molar-refractivity contribution in [1.29, 1.82) is 0 Å². The molecule has 4 aromatic carbocycles. The average molecular weight is 644 g/mol. The summed E-state index contributed by atoms with van der Waals surface area (Å²) in [6.45, 7) is 1.11. The minimum Gasteiger partial charge on any atom is -0.390 e. The molecule has 5 rings (SSSR count). The number of halogens is 3. The molecule has 1 fully saturated rings. The minimum absolute atomic E-state index is 0.0579. The van der Waals surface area contributed by atoms with E-state index in [0.717, 1.165) is 11.6 Å². The van der Waals surface area contributed by atoms with Crippen LogP contribution in [0.2, 0.25) is 0 Å². The van der Waals surface area contributed by atoms with Gasteiger partial charge >= 0.3 is 6.05 Å². The van der Waals surface area contributed by atoms with Crippen molar-refractivity contribution < 1.29 is 32.7 Å². The summed E-state index contributed by atoms with van der Waals surface area (Å²) < 4.78 is 44.5. The van der Waals surface area contributed by atoms with Gasteiger partial charge in [-0.15, -0.1) is 0 Å². The van der Waals surface area contributed by atoms with Gasteiger partial charge in [0.2, 0.25) is 0 Å². The van der Waals surface area contributed by atoms with Gasteiger partial charge in [-0.25, -0.2) is 4.39 Å². The van der Waals surface area contributed by atoms with E-state index in [1.54, 1.807) is 66.7 Å². The molecular formula is C37H36F3N3O4. The highest BCUT2D eigenvalue weighted by Crippen LogP contribution is 2.29. The Hall–Kier alpha value is -4.80. The maximum absolute atomic E-state index is 15.0. The molecule has 2 amide bonds. The zero-order valence-corrected chi connectivity index (χ0v) is 25.8. The SMILES string of the molecule is Cc1cccc(C(F)(F)NC[C@@H](O)[C@H](Cc2ccccc2)NC(=O)c2cccc(C(=O)N3CCCC3C(=O)c3ccccc3)c2)c1F. The van der Waals surface area contributed by atoms with E-state index >= 15 is 0 Å². The van der Waals surface area contributed by atoms with E-state index < -0.39 is 48.1 Å². The molecular weight excluding hydrogens is 607 g/mol. The summed E-state index contributed by atoms with van der Waals surface area (Å²) in [5.41, 5.74) is 0.798. The molecule has 1 unspecified atom stereocenters. The smallest absolute Gasteiger partial charge is 0.332 e. The van der Waals surface area contributed by atoms with Gasteiger partial charge in [0, 0.05) is 29.8 Å². The number of amides is 2. The normalized spacial score (nSPS) is 16.0. The van der Waals surface area contributed by atoms with Gasteiger partial charge in [0.1, 0.15) is 5.82 Å². The summed E-state index contributed by atoms with van der Waals surface area (Å²) >= 11 is 0. The van der Waals surface area contributed by atoms with Gasteiger partial charge in [-0.1, -0.05) is 78.9 Å². The number of carbonyl (C=O) groups excluding carboxylic acids is 3. The molecule has 244 valence electrons. The number of alkyl halides is 2. The lowest BCUT2D eigenvalue weighted by atomic mass is 9.99. The van der Waals surface area contributed by atoms with Gasteiger partial charge in [-0.2, -0.15) is 8.78 Å². The third kappa shape index (κ3) is 7.96. The van der Waals surface area contributed by atoms with Crippen molar-refractivity contribution in [3.63, 3.8) is 0 Å². The van der Waals surface area contributed by atoms with Gasteiger partial charge in [0.25, 0.3) is 11.8 Å². The Labute approximate surface area is 271 Å². The number of aliphatic hydroxyl groups is 1. The molecule has 3 N–H and O–H groups in total. The Bertz CT molecular complexity index is 1720. The van der Waals surface area contributed by atoms with Crippen molar-refractivity contribution >= 4 is 17.6 Å². The van der Waals surface area contributed by atoms with E-state index in [2.05, 4.69) is 5.32 Å². The number of hydrogen-bond acceptors (Lipinski definition) is 5. The number of benzene rings is 4. The van der Waals surface area contributed by atoms with Crippen LogP contribution in [0.25, 0.3) is 0 Å². The number of aryl methyl sites for hydroxylation is 1. The van der Waals surface area contributed by atoms with Gasteiger partial charge in [0.15, 0.2) is 5.78 Å². The van der Waals surface area contributed by atoms with E-state index in [9.17, 15) is 32.7 Å². The van der Waals surface area contributed by atoms with Gasteiger partial charge in [-0.05, 0) is 61.6 Å². The zero-order valence-electron chi connectivity index (χ0n) is 25.8. The van der Waals surface area contributed by atoms with Crippen molar-refractivity contribution in [1.82, 2.24) is 15.5 Å². The lowest BCUT2D eigenvalue weighted by molar-refractivity contribution is -0.0549. The lowest BCUT2D eigenvalue weighted by Crippen LogP contribution is -2.51. The molecule has 4 aromatic rings.